The summed E-state index contributed by atoms with van der Waals surface area (Å²) in [5.41, 5.74) is 2.79. The van der Waals surface area contributed by atoms with E-state index in [0.717, 1.165) is 22.4 Å². The minimum atomic E-state index is -1.09. The van der Waals surface area contributed by atoms with Crippen molar-refractivity contribution in [3.8, 4) is 11.8 Å². The van der Waals surface area contributed by atoms with E-state index in [1.807, 2.05) is 37.3 Å². The van der Waals surface area contributed by atoms with Crippen LogP contribution in [0.5, 0.6) is 5.75 Å². The highest BCUT2D eigenvalue weighted by molar-refractivity contribution is 5.91. The summed E-state index contributed by atoms with van der Waals surface area (Å²) in [4.78, 5) is 11.2. The lowest BCUT2D eigenvalue weighted by atomic mass is 9.92. The average molecular weight is 281 g/mol. The standard InChI is InChI=1S/C17H15NO3/c1-11-7-8-13(17(19)20)15(10-18)14(11)9-12-5-3-4-6-16(12)21-2/h3-8H,9H2,1-2H3,(H,19,20). The zero-order valence-electron chi connectivity index (χ0n) is 11.9. The van der Waals surface area contributed by atoms with Crippen molar-refractivity contribution in [1.82, 2.24) is 0 Å². The molecule has 2 rings (SSSR count). The van der Waals surface area contributed by atoms with Crippen LogP contribution in [0.25, 0.3) is 0 Å². The Morgan fingerprint density at radius 3 is 2.62 bits per heavy atom. The highest BCUT2D eigenvalue weighted by Crippen LogP contribution is 2.26. The molecule has 0 fully saturated rings. The van der Waals surface area contributed by atoms with Crippen molar-refractivity contribution in [3.63, 3.8) is 0 Å². The van der Waals surface area contributed by atoms with E-state index in [0.29, 0.717) is 6.42 Å². The summed E-state index contributed by atoms with van der Waals surface area (Å²) >= 11 is 0. The molecule has 0 unspecified atom stereocenters. The smallest absolute Gasteiger partial charge is 0.337 e. The summed E-state index contributed by atoms with van der Waals surface area (Å²) in [6.45, 7) is 1.87. The van der Waals surface area contributed by atoms with Gasteiger partial charge in [-0.05, 0) is 35.7 Å². The van der Waals surface area contributed by atoms with Gasteiger partial charge in [0.15, 0.2) is 0 Å². The Kier molecular flexibility index (Phi) is 4.24. The molecule has 0 saturated carbocycles. The van der Waals surface area contributed by atoms with Gasteiger partial charge in [0, 0.05) is 6.42 Å². The second kappa shape index (κ2) is 6.10. The third-order valence-electron chi connectivity index (χ3n) is 3.45. The predicted octanol–water partition coefficient (Wildman–Crippen LogP) is 3.16. The Balaban J connectivity index is 2.56. The van der Waals surface area contributed by atoms with E-state index < -0.39 is 5.97 Å². The van der Waals surface area contributed by atoms with Gasteiger partial charge < -0.3 is 9.84 Å². The molecule has 0 aliphatic carbocycles. The van der Waals surface area contributed by atoms with Gasteiger partial charge in [0.25, 0.3) is 0 Å². The Morgan fingerprint density at radius 1 is 1.29 bits per heavy atom. The van der Waals surface area contributed by atoms with Gasteiger partial charge in [-0.1, -0.05) is 24.3 Å². The number of methoxy groups -OCH3 is 1. The number of aryl methyl sites for hydroxylation is 1. The maximum Gasteiger partial charge on any atom is 0.337 e. The van der Waals surface area contributed by atoms with Crippen molar-refractivity contribution >= 4 is 5.97 Å². The van der Waals surface area contributed by atoms with Crippen molar-refractivity contribution in [2.24, 2.45) is 0 Å². The number of benzene rings is 2. The number of aromatic carboxylic acids is 1. The molecule has 0 atom stereocenters. The zero-order chi connectivity index (χ0) is 15.4. The normalized spacial score (nSPS) is 9.95. The minimum absolute atomic E-state index is 0.0352. The van der Waals surface area contributed by atoms with Gasteiger partial charge in [0.05, 0.1) is 18.2 Å². The molecule has 106 valence electrons. The summed E-state index contributed by atoms with van der Waals surface area (Å²) < 4.78 is 5.31. The van der Waals surface area contributed by atoms with E-state index in [1.54, 1.807) is 13.2 Å². The number of nitrogens with zero attached hydrogens (tertiary/aromatic N) is 1. The molecule has 0 aromatic heterocycles. The largest absolute Gasteiger partial charge is 0.496 e. The molecule has 0 radical (unpaired) electrons. The van der Waals surface area contributed by atoms with Crippen LogP contribution >= 0.6 is 0 Å². The van der Waals surface area contributed by atoms with Crippen LogP contribution < -0.4 is 4.74 Å². The number of ether oxygens (including phenoxy) is 1. The summed E-state index contributed by atoms with van der Waals surface area (Å²) in [5.74, 6) is -0.366. The lowest BCUT2D eigenvalue weighted by molar-refractivity contribution is 0.0696. The molecule has 2 aromatic carbocycles. The van der Waals surface area contributed by atoms with E-state index >= 15 is 0 Å². The molecule has 0 aliphatic heterocycles. The number of rotatable bonds is 4. The molecule has 0 spiro atoms. The molecule has 0 amide bonds. The van der Waals surface area contributed by atoms with Crippen LogP contribution in [0.4, 0.5) is 0 Å². The van der Waals surface area contributed by atoms with Crippen LogP contribution in [-0.2, 0) is 6.42 Å². The van der Waals surface area contributed by atoms with E-state index in [4.69, 9.17) is 4.74 Å². The average Bonchev–Trinajstić information content (AvgIpc) is 2.49. The molecule has 1 N–H and O–H groups in total. The first-order valence-corrected chi connectivity index (χ1v) is 6.46. The molecule has 0 saturated heterocycles. The molecule has 0 bridgehead atoms. The van der Waals surface area contributed by atoms with Crippen LogP contribution in [0.2, 0.25) is 0 Å². The van der Waals surface area contributed by atoms with Gasteiger partial charge in [-0.15, -0.1) is 0 Å². The van der Waals surface area contributed by atoms with Crippen molar-refractivity contribution in [1.29, 1.82) is 5.26 Å². The number of carboxylic acid groups (broad SMARTS) is 1. The van der Waals surface area contributed by atoms with Gasteiger partial charge in [0.2, 0.25) is 0 Å². The first kappa shape index (κ1) is 14.6. The fourth-order valence-electron chi connectivity index (χ4n) is 2.33. The third kappa shape index (κ3) is 2.87. The topological polar surface area (TPSA) is 70.3 Å². The summed E-state index contributed by atoms with van der Waals surface area (Å²) in [7, 11) is 1.59. The van der Waals surface area contributed by atoms with Crippen molar-refractivity contribution < 1.29 is 14.6 Å². The Hall–Kier alpha value is -2.80. The SMILES string of the molecule is COc1ccccc1Cc1c(C)ccc(C(=O)O)c1C#N. The quantitative estimate of drug-likeness (QED) is 0.934. The van der Waals surface area contributed by atoms with E-state index in [2.05, 4.69) is 0 Å². The van der Waals surface area contributed by atoms with Gasteiger partial charge >= 0.3 is 5.97 Å². The fourth-order valence-corrected chi connectivity index (χ4v) is 2.33. The van der Waals surface area contributed by atoms with Gasteiger partial charge in [-0.3, -0.25) is 0 Å². The molecular formula is C17H15NO3. The number of hydrogen-bond acceptors (Lipinski definition) is 3. The second-order valence-corrected chi connectivity index (χ2v) is 4.69. The molecule has 0 aliphatic rings. The van der Waals surface area contributed by atoms with E-state index in [9.17, 15) is 15.2 Å². The van der Waals surface area contributed by atoms with Gasteiger partial charge in [-0.25, -0.2) is 4.79 Å². The van der Waals surface area contributed by atoms with Crippen molar-refractivity contribution in [2.45, 2.75) is 13.3 Å². The Bertz CT molecular complexity index is 729. The number of carboxylic acids is 1. The third-order valence-corrected chi connectivity index (χ3v) is 3.45. The van der Waals surface area contributed by atoms with Crippen LogP contribution in [0.15, 0.2) is 36.4 Å². The van der Waals surface area contributed by atoms with Crippen LogP contribution in [0.3, 0.4) is 0 Å². The molecule has 21 heavy (non-hydrogen) atoms. The number of carbonyl (C=O) groups is 1. The van der Waals surface area contributed by atoms with Crippen molar-refractivity contribution in [2.75, 3.05) is 7.11 Å². The number of hydrogen-bond donors (Lipinski definition) is 1. The zero-order valence-corrected chi connectivity index (χ0v) is 11.9. The van der Waals surface area contributed by atoms with Crippen LogP contribution in [0, 0.1) is 18.3 Å². The van der Waals surface area contributed by atoms with Gasteiger partial charge in [-0.2, -0.15) is 5.26 Å². The predicted molar refractivity (Wildman–Crippen MR) is 78.7 cm³/mol. The summed E-state index contributed by atoms with van der Waals surface area (Å²) in [6.07, 6.45) is 0.458. The Labute approximate surface area is 123 Å². The second-order valence-electron chi connectivity index (χ2n) is 4.69. The lowest BCUT2D eigenvalue weighted by Gasteiger charge is -2.13. The monoisotopic (exact) mass is 281 g/mol. The number of nitriles is 1. The summed E-state index contributed by atoms with van der Waals surface area (Å²) in [5, 5.41) is 18.5. The molecule has 0 heterocycles. The molecule has 4 nitrogen and oxygen atoms in total. The maximum atomic E-state index is 11.2. The minimum Gasteiger partial charge on any atom is -0.496 e. The first-order chi connectivity index (χ1) is 10.1. The molecular weight excluding hydrogens is 266 g/mol. The lowest BCUT2D eigenvalue weighted by Crippen LogP contribution is -2.06. The van der Waals surface area contributed by atoms with E-state index in [-0.39, 0.29) is 11.1 Å². The molecule has 4 heteroatoms. The Morgan fingerprint density at radius 2 is 2.00 bits per heavy atom. The fraction of sp³-hybridized carbons (Fsp3) is 0.176. The van der Waals surface area contributed by atoms with Crippen LogP contribution in [0.1, 0.15) is 32.6 Å². The summed E-state index contributed by atoms with van der Waals surface area (Å²) in [6, 6.07) is 12.7. The van der Waals surface area contributed by atoms with Crippen LogP contribution in [-0.4, -0.2) is 18.2 Å². The maximum absolute atomic E-state index is 11.2. The van der Waals surface area contributed by atoms with E-state index in [1.165, 1.54) is 6.07 Å². The highest BCUT2D eigenvalue weighted by atomic mass is 16.5. The molecule has 2 aromatic rings. The number of para-hydroxylation sites is 1. The van der Waals surface area contributed by atoms with Gasteiger partial charge in [0.1, 0.15) is 11.8 Å². The highest BCUT2D eigenvalue weighted by Gasteiger charge is 2.17. The van der Waals surface area contributed by atoms with Crippen molar-refractivity contribution in [3.05, 3.63) is 64.2 Å². The first-order valence-electron chi connectivity index (χ1n) is 6.46.